The molecule has 3 rings (SSSR count). The van der Waals surface area contributed by atoms with E-state index >= 15 is 0 Å². The largest absolute Gasteiger partial charge is 0.342 e. The van der Waals surface area contributed by atoms with Crippen LogP contribution in [-0.2, 0) is 11.2 Å². The summed E-state index contributed by atoms with van der Waals surface area (Å²) < 4.78 is 0. The smallest absolute Gasteiger partial charge is 0.227 e. The molecule has 5 heteroatoms. The van der Waals surface area contributed by atoms with E-state index in [4.69, 9.17) is 0 Å². The van der Waals surface area contributed by atoms with Crippen molar-refractivity contribution in [3.8, 4) is 0 Å². The fourth-order valence-electron chi connectivity index (χ4n) is 2.41. The minimum atomic E-state index is 0.232. The molecule has 94 valence electrons. The Bertz CT molecular complexity index is 506. The van der Waals surface area contributed by atoms with Crippen LogP contribution in [0.1, 0.15) is 23.6 Å². The Morgan fingerprint density at radius 3 is 3.22 bits per heavy atom. The lowest BCUT2D eigenvalue weighted by atomic mass is 10.1. The maximum Gasteiger partial charge on any atom is 0.227 e. The zero-order valence-corrected chi connectivity index (χ0v) is 10.8. The van der Waals surface area contributed by atoms with E-state index in [2.05, 4.69) is 10.2 Å². The summed E-state index contributed by atoms with van der Waals surface area (Å²) in [5.74, 6) is 0.648. The molecule has 1 amide bonds. The fourth-order valence-corrected chi connectivity index (χ4v) is 3.08. The van der Waals surface area contributed by atoms with Crippen molar-refractivity contribution in [3.05, 3.63) is 40.3 Å². The van der Waals surface area contributed by atoms with Crippen LogP contribution < -0.4 is 0 Å². The predicted octanol–water partition coefficient (Wildman–Crippen LogP) is 2.03. The second kappa shape index (κ2) is 4.94. The van der Waals surface area contributed by atoms with Gasteiger partial charge in [-0.25, -0.2) is 0 Å². The van der Waals surface area contributed by atoms with Crippen LogP contribution in [0.15, 0.2) is 29.1 Å². The van der Waals surface area contributed by atoms with Gasteiger partial charge in [0.15, 0.2) is 0 Å². The highest BCUT2D eigenvalue weighted by Gasteiger charge is 2.27. The summed E-state index contributed by atoms with van der Waals surface area (Å²) in [6.07, 6.45) is 3.32. The van der Waals surface area contributed by atoms with E-state index in [-0.39, 0.29) is 5.91 Å². The predicted molar refractivity (Wildman–Crippen MR) is 70.5 cm³/mol. The molecule has 1 aliphatic heterocycles. The fraction of sp³-hybridized carbons (Fsp3) is 0.385. The molecule has 4 nitrogen and oxygen atoms in total. The van der Waals surface area contributed by atoms with Gasteiger partial charge >= 0.3 is 0 Å². The van der Waals surface area contributed by atoms with Gasteiger partial charge in [0.05, 0.1) is 6.42 Å². The standard InChI is InChI=1S/C13H15N3OS/c17-13(7-10-3-6-18-9-10)16-5-2-11(8-16)12-1-4-14-15-12/h1,3-4,6,9,11H,2,5,7-8H2,(H,14,15). The molecule has 1 atom stereocenters. The molecule has 0 aromatic carbocycles. The maximum atomic E-state index is 12.1. The van der Waals surface area contributed by atoms with Crippen LogP contribution in [0.25, 0.3) is 0 Å². The highest BCUT2D eigenvalue weighted by Crippen LogP contribution is 2.25. The third-order valence-corrected chi connectivity index (χ3v) is 4.17. The van der Waals surface area contributed by atoms with Crippen molar-refractivity contribution in [1.29, 1.82) is 0 Å². The van der Waals surface area contributed by atoms with Crippen molar-refractivity contribution in [2.45, 2.75) is 18.8 Å². The van der Waals surface area contributed by atoms with Gasteiger partial charge in [-0.1, -0.05) is 0 Å². The van der Waals surface area contributed by atoms with Gasteiger partial charge in [0.2, 0.25) is 5.91 Å². The van der Waals surface area contributed by atoms with Gasteiger partial charge in [-0.3, -0.25) is 9.89 Å². The number of nitrogens with one attached hydrogen (secondary N) is 1. The minimum absolute atomic E-state index is 0.232. The Kier molecular flexibility index (Phi) is 3.15. The molecule has 18 heavy (non-hydrogen) atoms. The molecule has 3 heterocycles. The Morgan fingerprint density at radius 2 is 2.50 bits per heavy atom. The number of hydrogen-bond donors (Lipinski definition) is 1. The van der Waals surface area contributed by atoms with Crippen molar-refractivity contribution < 1.29 is 4.79 Å². The summed E-state index contributed by atoms with van der Waals surface area (Å²) in [7, 11) is 0. The summed E-state index contributed by atoms with van der Waals surface area (Å²) >= 11 is 1.64. The van der Waals surface area contributed by atoms with Gasteiger partial charge < -0.3 is 4.90 Å². The number of hydrogen-bond acceptors (Lipinski definition) is 3. The number of likely N-dealkylation sites (tertiary alicyclic amines) is 1. The lowest BCUT2D eigenvalue weighted by molar-refractivity contribution is -0.129. The summed E-state index contributed by atoms with van der Waals surface area (Å²) in [5.41, 5.74) is 2.26. The monoisotopic (exact) mass is 261 g/mol. The first-order valence-electron chi connectivity index (χ1n) is 6.11. The molecule has 0 radical (unpaired) electrons. The molecule has 0 saturated carbocycles. The Hall–Kier alpha value is -1.62. The average Bonchev–Trinajstić information content (AvgIpc) is 3.11. The van der Waals surface area contributed by atoms with Crippen LogP contribution in [0.3, 0.4) is 0 Å². The van der Waals surface area contributed by atoms with Crippen molar-refractivity contribution in [3.63, 3.8) is 0 Å². The molecule has 1 unspecified atom stereocenters. The third kappa shape index (κ3) is 2.31. The number of H-pyrrole nitrogens is 1. The highest BCUT2D eigenvalue weighted by molar-refractivity contribution is 7.07. The molecule has 1 fully saturated rings. The van der Waals surface area contributed by atoms with Crippen LogP contribution >= 0.6 is 11.3 Å². The number of amides is 1. The molecule has 0 bridgehead atoms. The number of carbonyl (C=O) groups is 1. The molecule has 0 aliphatic carbocycles. The number of carbonyl (C=O) groups excluding carboxylic acids is 1. The zero-order valence-electron chi connectivity index (χ0n) is 10.0. The van der Waals surface area contributed by atoms with Gasteiger partial charge in [0.1, 0.15) is 0 Å². The number of thiophene rings is 1. The van der Waals surface area contributed by atoms with Crippen LogP contribution in [0.2, 0.25) is 0 Å². The summed E-state index contributed by atoms with van der Waals surface area (Å²) in [4.78, 5) is 14.1. The topological polar surface area (TPSA) is 49.0 Å². The molecular formula is C13H15N3OS. The lowest BCUT2D eigenvalue weighted by Gasteiger charge is -2.15. The lowest BCUT2D eigenvalue weighted by Crippen LogP contribution is -2.29. The van der Waals surface area contributed by atoms with Gasteiger partial charge in [-0.15, -0.1) is 0 Å². The first kappa shape index (κ1) is 11.5. The SMILES string of the molecule is O=C(Cc1ccsc1)N1CCC(c2ccn[nH]2)C1. The van der Waals surface area contributed by atoms with E-state index in [1.54, 1.807) is 17.5 Å². The number of aromatic nitrogens is 2. The number of nitrogens with zero attached hydrogens (tertiary/aromatic N) is 2. The Balaban J connectivity index is 1.60. The van der Waals surface area contributed by atoms with Crippen LogP contribution in [0.4, 0.5) is 0 Å². The summed E-state index contributed by atoms with van der Waals surface area (Å²) in [6, 6.07) is 4.02. The summed E-state index contributed by atoms with van der Waals surface area (Å²) in [5, 5.41) is 11.0. The minimum Gasteiger partial charge on any atom is -0.342 e. The van der Waals surface area contributed by atoms with Crippen molar-refractivity contribution in [1.82, 2.24) is 15.1 Å². The number of aromatic amines is 1. The Morgan fingerprint density at radius 1 is 1.56 bits per heavy atom. The molecular weight excluding hydrogens is 246 g/mol. The van der Waals surface area contributed by atoms with E-state index in [0.717, 1.165) is 30.8 Å². The quantitative estimate of drug-likeness (QED) is 0.919. The van der Waals surface area contributed by atoms with Crippen LogP contribution in [0, 0.1) is 0 Å². The second-order valence-corrected chi connectivity index (χ2v) is 5.43. The second-order valence-electron chi connectivity index (χ2n) is 4.65. The first-order valence-corrected chi connectivity index (χ1v) is 7.05. The van der Waals surface area contributed by atoms with E-state index in [9.17, 15) is 4.79 Å². The van der Waals surface area contributed by atoms with Gasteiger partial charge in [-0.05, 0) is 34.9 Å². The molecule has 1 aliphatic rings. The maximum absolute atomic E-state index is 12.1. The van der Waals surface area contributed by atoms with E-state index < -0.39 is 0 Å². The van der Waals surface area contributed by atoms with E-state index in [0.29, 0.717) is 12.3 Å². The van der Waals surface area contributed by atoms with Gasteiger partial charge in [0, 0.05) is 30.9 Å². The summed E-state index contributed by atoms with van der Waals surface area (Å²) in [6.45, 7) is 1.66. The van der Waals surface area contributed by atoms with Crippen LogP contribution in [-0.4, -0.2) is 34.1 Å². The zero-order chi connectivity index (χ0) is 12.4. The molecule has 2 aromatic heterocycles. The van der Waals surface area contributed by atoms with Crippen molar-refractivity contribution in [2.75, 3.05) is 13.1 Å². The van der Waals surface area contributed by atoms with E-state index in [1.807, 2.05) is 27.8 Å². The van der Waals surface area contributed by atoms with Crippen LogP contribution in [0.5, 0.6) is 0 Å². The Labute approximate surface area is 110 Å². The van der Waals surface area contributed by atoms with Gasteiger partial charge in [-0.2, -0.15) is 16.4 Å². The first-order chi connectivity index (χ1) is 8.83. The van der Waals surface area contributed by atoms with Crippen molar-refractivity contribution in [2.24, 2.45) is 0 Å². The molecule has 1 saturated heterocycles. The highest BCUT2D eigenvalue weighted by atomic mass is 32.1. The van der Waals surface area contributed by atoms with Crippen molar-refractivity contribution >= 4 is 17.2 Å². The van der Waals surface area contributed by atoms with E-state index in [1.165, 1.54) is 0 Å². The average molecular weight is 261 g/mol. The normalized spacial score (nSPS) is 19.3. The molecule has 1 N–H and O–H groups in total. The third-order valence-electron chi connectivity index (χ3n) is 3.44. The van der Waals surface area contributed by atoms with Gasteiger partial charge in [0.25, 0.3) is 0 Å². The molecule has 2 aromatic rings. The molecule has 0 spiro atoms. The number of rotatable bonds is 3.